The van der Waals surface area contributed by atoms with E-state index in [0.29, 0.717) is 11.4 Å². The van der Waals surface area contributed by atoms with Crippen molar-refractivity contribution in [2.45, 2.75) is 19.4 Å². The van der Waals surface area contributed by atoms with Crippen molar-refractivity contribution in [3.8, 4) is 0 Å². The largest absolute Gasteiger partial charge is 0.332 e. The van der Waals surface area contributed by atoms with E-state index in [2.05, 4.69) is 18.4 Å². The highest BCUT2D eigenvalue weighted by Crippen LogP contribution is 2.44. The summed E-state index contributed by atoms with van der Waals surface area (Å²) in [6.07, 6.45) is 0.869. The summed E-state index contributed by atoms with van der Waals surface area (Å²) < 4.78 is 0. The fraction of sp³-hybridized carbons (Fsp3) is 0.200. The molecular formula is C15H16N4O2. The van der Waals surface area contributed by atoms with Crippen molar-refractivity contribution in [1.82, 2.24) is 0 Å². The van der Waals surface area contributed by atoms with Crippen molar-refractivity contribution in [2.24, 2.45) is 5.84 Å². The number of nitrogens with one attached hydrogen (secondary N) is 1. The van der Waals surface area contributed by atoms with Crippen LogP contribution in [0.2, 0.25) is 0 Å². The first-order chi connectivity index (χ1) is 10.1. The number of nitro groups is 1. The Morgan fingerprint density at radius 1 is 1.24 bits per heavy atom. The van der Waals surface area contributed by atoms with Gasteiger partial charge in [-0.25, -0.2) is 0 Å². The molecule has 0 amide bonds. The summed E-state index contributed by atoms with van der Waals surface area (Å²) in [5, 5.41) is 11.5. The number of hydrazine groups is 1. The van der Waals surface area contributed by atoms with E-state index in [9.17, 15) is 10.1 Å². The molecule has 0 aromatic heterocycles. The van der Waals surface area contributed by atoms with E-state index in [4.69, 9.17) is 5.84 Å². The minimum Gasteiger partial charge on any atom is -0.332 e. The van der Waals surface area contributed by atoms with E-state index >= 15 is 0 Å². The standard InChI is InChI=1S/C15H16N4O2/c1-10-9-11-5-2-3-7-13(11)18(10)14-8-4-6-12(17-16)15(14)19(20)21/h2-8,10,17H,9,16H2,1H3. The van der Waals surface area contributed by atoms with E-state index in [0.717, 1.165) is 12.1 Å². The summed E-state index contributed by atoms with van der Waals surface area (Å²) in [5.74, 6) is 5.41. The summed E-state index contributed by atoms with van der Waals surface area (Å²) >= 11 is 0. The second kappa shape index (κ2) is 5.06. The first-order valence-electron chi connectivity index (χ1n) is 6.74. The average Bonchev–Trinajstić information content (AvgIpc) is 2.81. The summed E-state index contributed by atoms with van der Waals surface area (Å²) in [6.45, 7) is 2.06. The number of hydrogen-bond acceptors (Lipinski definition) is 5. The van der Waals surface area contributed by atoms with Crippen LogP contribution in [0.3, 0.4) is 0 Å². The van der Waals surface area contributed by atoms with Gasteiger partial charge in [-0.1, -0.05) is 24.3 Å². The Hall–Kier alpha value is -2.60. The summed E-state index contributed by atoms with van der Waals surface area (Å²) in [4.78, 5) is 13.1. The van der Waals surface area contributed by atoms with Crippen LogP contribution in [0.15, 0.2) is 42.5 Å². The van der Waals surface area contributed by atoms with E-state index in [1.807, 2.05) is 23.1 Å². The van der Waals surface area contributed by atoms with Crippen molar-refractivity contribution in [1.29, 1.82) is 0 Å². The van der Waals surface area contributed by atoms with Gasteiger partial charge >= 0.3 is 5.69 Å². The Bertz CT molecular complexity index is 702. The molecule has 1 heterocycles. The van der Waals surface area contributed by atoms with Crippen LogP contribution in [-0.4, -0.2) is 11.0 Å². The zero-order valence-electron chi connectivity index (χ0n) is 11.6. The number of hydrogen-bond donors (Lipinski definition) is 2. The minimum absolute atomic E-state index is 0.00329. The fourth-order valence-electron chi connectivity index (χ4n) is 2.97. The Kier molecular flexibility index (Phi) is 3.23. The highest BCUT2D eigenvalue weighted by atomic mass is 16.6. The molecule has 6 heteroatoms. The lowest BCUT2D eigenvalue weighted by atomic mass is 10.1. The molecule has 108 valence electrons. The molecule has 0 saturated carbocycles. The molecule has 2 aromatic carbocycles. The highest BCUT2D eigenvalue weighted by molar-refractivity contribution is 5.83. The molecule has 3 rings (SSSR count). The Morgan fingerprint density at radius 2 is 1.95 bits per heavy atom. The van der Waals surface area contributed by atoms with Crippen LogP contribution in [-0.2, 0) is 6.42 Å². The molecule has 0 saturated heterocycles. The number of nitrogens with zero attached hydrogens (tertiary/aromatic N) is 2. The summed E-state index contributed by atoms with van der Waals surface area (Å²) in [6, 6.07) is 13.3. The molecule has 1 atom stereocenters. The molecule has 0 bridgehead atoms. The number of rotatable bonds is 3. The first kappa shape index (κ1) is 13.4. The molecule has 1 aliphatic rings. The number of anilines is 3. The highest BCUT2D eigenvalue weighted by Gasteiger charge is 2.32. The number of benzene rings is 2. The zero-order valence-corrected chi connectivity index (χ0v) is 11.6. The van der Waals surface area contributed by atoms with Crippen LogP contribution in [0.4, 0.5) is 22.7 Å². The monoisotopic (exact) mass is 284 g/mol. The Morgan fingerprint density at radius 3 is 2.67 bits per heavy atom. The van der Waals surface area contributed by atoms with E-state index in [1.165, 1.54) is 5.56 Å². The minimum atomic E-state index is -0.391. The molecule has 1 aliphatic heterocycles. The summed E-state index contributed by atoms with van der Waals surface area (Å²) in [5.41, 5.74) is 5.51. The number of nitro benzene ring substituents is 1. The zero-order chi connectivity index (χ0) is 15.0. The third-order valence-electron chi connectivity index (χ3n) is 3.82. The first-order valence-corrected chi connectivity index (χ1v) is 6.74. The normalized spacial score (nSPS) is 16.7. The van der Waals surface area contributed by atoms with Gasteiger partial charge in [0.05, 0.1) is 4.92 Å². The average molecular weight is 284 g/mol. The van der Waals surface area contributed by atoms with Gasteiger partial charge in [0.1, 0.15) is 11.4 Å². The van der Waals surface area contributed by atoms with Crippen molar-refractivity contribution in [2.75, 3.05) is 10.3 Å². The maximum absolute atomic E-state index is 11.5. The van der Waals surface area contributed by atoms with E-state index < -0.39 is 4.92 Å². The molecule has 0 spiro atoms. The number of nitrogens with two attached hydrogens (primary N) is 1. The van der Waals surface area contributed by atoms with Gasteiger partial charge in [0, 0.05) is 11.7 Å². The summed E-state index contributed by atoms with van der Waals surface area (Å²) in [7, 11) is 0. The van der Waals surface area contributed by atoms with Crippen LogP contribution in [0, 0.1) is 10.1 Å². The second-order valence-electron chi connectivity index (χ2n) is 5.13. The maximum atomic E-state index is 11.5. The predicted molar refractivity (Wildman–Crippen MR) is 82.7 cm³/mol. The van der Waals surface area contributed by atoms with E-state index in [-0.39, 0.29) is 11.7 Å². The topological polar surface area (TPSA) is 84.4 Å². The molecule has 2 aromatic rings. The van der Waals surface area contributed by atoms with Crippen LogP contribution in [0.1, 0.15) is 12.5 Å². The van der Waals surface area contributed by atoms with Crippen molar-refractivity contribution >= 4 is 22.7 Å². The lowest BCUT2D eigenvalue weighted by molar-refractivity contribution is -0.383. The Balaban J connectivity index is 2.19. The van der Waals surface area contributed by atoms with Gasteiger partial charge in [-0.15, -0.1) is 0 Å². The molecule has 1 unspecified atom stereocenters. The molecular weight excluding hydrogens is 268 g/mol. The molecule has 0 aliphatic carbocycles. The lowest BCUT2D eigenvalue weighted by Gasteiger charge is -2.25. The van der Waals surface area contributed by atoms with Gasteiger partial charge in [-0.2, -0.15) is 0 Å². The Labute approximate surface area is 122 Å². The van der Waals surface area contributed by atoms with Gasteiger partial charge in [0.25, 0.3) is 0 Å². The van der Waals surface area contributed by atoms with Gasteiger partial charge in [0.2, 0.25) is 0 Å². The number of fused-ring (bicyclic) bond motifs is 1. The molecule has 6 nitrogen and oxygen atoms in total. The third kappa shape index (κ3) is 2.09. The van der Waals surface area contributed by atoms with Gasteiger partial charge in [-0.3, -0.25) is 16.0 Å². The van der Waals surface area contributed by atoms with E-state index in [1.54, 1.807) is 18.2 Å². The number of para-hydroxylation sites is 2. The van der Waals surface area contributed by atoms with Crippen molar-refractivity contribution in [3.63, 3.8) is 0 Å². The van der Waals surface area contributed by atoms with Crippen LogP contribution >= 0.6 is 0 Å². The molecule has 21 heavy (non-hydrogen) atoms. The quantitative estimate of drug-likeness (QED) is 0.514. The van der Waals surface area contributed by atoms with Crippen LogP contribution < -0.4 is 16.2 Å². The third-order valence-corrected chi connectivity index (χ3v) is 3.82. The van der Waals surface area contributed by atoms with Crippen molar-refractivity contribution < 1.29 is 4.92 Å². The van der Waals surface area contributed by atoms with Crippen LogP contribution in [0.5, 0.6) is 0 Å². The van der Waals surface area contributed by atoms with Crippen LogP contribution in [0.25, 0.3) is 0 Å². The molecule has 0 radical (unpaired) electrons. The second-order valence-corrected chi connectivity index (χ2v) is 5.13. The smallest absolute Gasteiger partial charge is 0.317 e. The molecule has 0 fully saturated rings. The number of nitrogen functional groups attached to an aromatic ring is 1. The SMILES string of the molecule is CC1Cc2ccccc2N1c1cccc(NN)c1[N+](=O)[O-]. The fourth-order valence-corrected chi connectivity index (χ4v) is 2.97. The lowest BCUT2D eigenvalue weighted by Crippen LogP contribution is -2.25. The molecule has 3 N–H and O–H groups in total. The van der Waals surface area contributed by atoms with Crippen molar-refractivity contribution in [3.05, 3.63) is 58.1 Å². The maximum Gasteiger partial charge on any atom is 0.317 e. The van der Waals surface area contributed by atoms with Gasteiger partial charge in [-0.05, 0) is 37.1 Å². The predicted octanol–water partition coefficient (Wildman–Crippen LogP) is 2.96. The van der Waals surface area contributed by atoms with Gasteiger partial charge < -0.3 is 10.3 Å². The van der Waals surface area contributed by atoms with Gasteiger partial charge in [0.15, 0.2) is 0 Å².